The van der Waals surface area contributed by atoms with Crippen molar-refractivity contribution in [2.24, 2.45) is 5.73 Å². The molecule has 0 aliphatic carbocycles. The number of benzene rings is 1. The molecular weight excluding hydrogens is 290 g/mol. The largest absolute Gasteiger partial charge is 0.484 e. The smallest absolute Gasteiger partial charge is 0.226 e. The molecule has 0 amide bonds. The zero-order valence-corrected chi connectivity index (χ0v) is 13.1. The molecule has 2 rings (SSSR count). The van der Waals surface area contributed by atoms with E-state index < -0.39 is 0 Å². The molecule has 1 aromatic carbocycles. The average Bonchev–Trinajstić information content (AvgIpc) is 2.86. The van der Waals surface area contributed by atoms with E-state index in [0.29, 0.717) is 28.9 Å². The Morgan fingerprint density at radius 3 is 2.95 bits per heavy atom. The molecule has 0 fully saturated rings. The first-order valence-electron chi connectivity index (χ1n) is 7.07. The summed E-state index contributed by atoms with van der Waals surface area (Å²) in [5.41, 5.74) is 6.83. The van der Waals surface area contributed by atoms with Crippen LogP contribution in [0.25, 0.3) is 0 Å². The fourth-order valence-corrected chi connectivity index (χ4v) is 2.27. The molecule has 1 aromatic heterocycles. The summed E-state index contributed by atoms with van der Waals surface area (Å²) in [4.78, 5) is 4.26. The topological polar surface area (TPSA) is 74.2 Å². The fourth-order valence-electron chi connectivity index (χ4n) is 2.02. The Hall–Kier alpha value is -1.59. The molecule has 0 aliphatic rings. The van der Waals surface area contributed by atoms with Crippen LogP contribution in [0.2, 0.25) is 5.02 Å². The van der Waals surface area contributed by atoms with Crippen LogP contribution in [-0.4, -0.2) is 16.2 Å². The van der Waals surface area contributed by atoms with Crippen LogP contribution in [0.4, 0.5) is 0 Å². The molecule has 2 N–H and O–H groups in total. The highest BCUT2D eigenvalue weighted by Gasteiger charge is 2.12. The van der Waals surface area contributed by atoms with Gasteiger partial charge in [-0.25, -0.2) is 0 Å². The maximum Gasteiger partial charge on any atom is 0.226 e. The molecule has 1 unspecified atom stereocenters. The van der Waals surface area contributed by atoms with Gasteiger partial charge in [0.05, 0.1) is 5.02 Å². The molecule has 5 nitrogen and oxygen atoms in total. The second kappa shape index (κ2) is 7.43. The maximum absolute atomic E-state index is 6.20. The number of aryl methyl sites for hydroxylation is 1. The first kappa shape index (κ1) is 15.8. The van der Waals surface area contributed by atoms with Crippen molar-refractivity contribution in [3.63, 3.8) is 0 Å². The van der Waals surface area contributed by atoms with Gasteiger partial charge in [0.15, 0.2) is 6.61 Å². The normalized spacial score (nSPS) is 12.4. The van der Waals surface area contributed by atoms with Crippen molar-refractivity contribution in [2.75, 3.05) is 0 Å². The fraction of sp³-hybridized carbons (Fsp3) is 0.467. The molecular formula is C15H20ClN3O2. The van der Waals surface area contributed by atoms with Crippen LogP contribution in [0.15, 0.2) is 22.7 Å². The van der Waals surface area contributed by atoms with Gasteiger partial charge < -0.3 is 15.0 Å². The van der Waals surface area contributed by atoms with Crippen molar-refractivity contribution in [2.45, 2.75) is 45.8 Å². The summed E-state index contributed by atoms with van der Waals surface area (Å²) in [6.45, 7) is 4.23. The first-order chi connectivity index (χ1) is 10.1. The van der Waals surface area contributed by atoms with E-state index in [9.17, 15) is 0 Å². The number of hydrogen-bond acceptors (Lipinski definition) is 5. The standard InChI is InChI=1S/C15H20ClN3O2/c1-3-5-14-18-13(19-21-14)9-20-15-11(8-10(2)17)6-4-7-12(15)16/h4,6-7,10H,3,5,8-9,17H2,1-2H3. The summed E-state index contributed by atoms with van der Waals surface area (Å²) in [5, 5.41) is 4.45. The number of hydrogen-bond donors (Lipinski definition) is 1. The lowest BCUT2D eigenvalue weighted by Crippen LogP contribution is -2.18. The molecule has 0 saturated heterocycles. The quantitative estimate of drug-likeness (QED) is 0.850. The van der Waals surface area contributed by atoms with Gasteiger partial charge >= 0.3 is 0 Å². The van der Waals surface area contributed by atoms with Crippen LogP contribution in [0.5, 0.6) is 5.75 Å². The van der Waals surface area contributed by atoms with Gasteiger partial charge in [0.1, 0.15) is 5.75 Å². The zero-order chi connectivity index (χ0) is 15.2. The molecule has 0 spiro atoms. The second-order valence-corrected chi connectivity index (χ2v) is 5.46. The Bertz CT molecular complexity index is 584. The van der Waals surface area contributed by atoms with Crippen molar-refractivity contribution in [1.29, 1.82) is 0 Å². The molecule has 0 aliphatic heterocycles. The SMILES string of the molecule is CCCc1nc(COc2c(Cl)cccc2CC(C)N)no1. The lowest BCUT2D eigenvalue weighted by atomic mass is 10.1. The van der Waals surface area contributed by atoms with E-state index in [0.717, 1.165) is 18.4 Å². The van der Waals surface area contributed by atoms with Gasteiger partial charge in [-0.05, 0) is 31.4 Å². The minimum Gasteiger partial charge on any atom is -0.484 e. The van der Waals surface area contributed by atoms with E-state index in [4.69, 9.17) is 26.6 Å². The minimum atomic E-state index is 0.0344. The summed E-state index contributed by atoms with van der Waals surface area (Å²) in [5.74, 6) is 1.79. The Morgan fingerprint density at radius 2 is 2.24 bits per heavy atom. The third-order valence-electron chi connectivity index (χ3n) is 2.91. The van der Waals surface area contributed by atoms with Crippen LogP contribution >= 0.6 is 11.6 Å². The molecule has 0 bridgehead atoms. The molecule has 6 heteroatoms. The summed E-state index contributed by atoms with van der Waals surface area (Å²) in [7, 11) is 0. The van der Waals surface area contributed by atoms with E-state index in [1.54, 1.807) is 6.07 Å². The zero-order valence-electron chi connectivity index (χ0n) is 12.3. The van der Waals surface area contributed by atoms with E-state index >= 15 is 0 Å². The van der Waals surface area contributed by atoms with Crippen molar-refractivity contribution < 1.29 is 9.26 Å². The Morgan fingerprint density at radius 1 is 1.43 bits per heavy atom. The summed E-state index contributed by atoms with van der Waals surface area (Å²) in [6.07, 6.45) is 2.43. The lowest BCUT2D eigenvalue weighted by molar-refractivity contribution is 0.282. The predicted molar refractivity (Wildman–Crippen MR) is 81.4 cm³/mol. The van der Waals surface area contributed by atoms with E-state index in [-0.39, 0.29) is 12.6 Å². The van der Waals surface area contributed by atoms with Gasteiger partial charge in [-0.3, -0.25) is 0 Å². The molecule has 21 heavy (non-hydrogen) atoms. The van der Waals surface area contributed by atoms with Gasteiger partial charge in [-0.15, -0.1) is 0 Å². The van der Waals surface area contributed by atoms with Gasteiger partial charge in [0.25, 0.3) is 0 Å². The van der Waals surface area contributed by atoms with Crippen LogP contribution < -0.4 is 10.5 Å². The summed E-state index contributed by atoms with van der Waals surface area (Å²) >= 11 is 6.20. The van der Waals surface area contributed by atoms with Gasteiger partial charge in [0.2, 0.25) is 11.7 Å². The number of para-hydroxylation sites is 1. The maximum atomic E-state index is 6.20. The highest BCUT2D eigenvalue weighted by atomic mass is 35.5. The Kier molecular flexibility index (Phi) is 5.59. The van der Waals surface area contributed by atoms with E-state index in [2.05, 4.69) is 17.1 Å². The molecule has 0 saturated carbocycles. The third-order valence-corrected chi connectivity index (χ3v) is 3.21. The molecule has 1 atom stereocenters. The van der Waals surface area contributed by atoms with Crippen LogP contribution in [0.1, 0.15) is 37.5 Å². The van der Waals surface area contributed by atoms with Crippen molar-refractivity contribution in [3.05, 3.63) is 40.5 Å². The number of aromatic nitrogens is 2. The predicted octanol–water partition coefficient (Wildman–Crippen LogP) is 3.14. The second-order valence-electron chi connectivity index (χ2n) is 5.05. The van der Waals surface area contributed by atoms with Gasteiger partial charge in [0, 0.05) is 12.5 Å². The number of nitrogens with two attached hydrogens (primary N) is 1. The number of nitrogens with zero attached hydrogens (tertiary/aromatic N) is 2. The van der Waals surface area contributed by atoms with Crippen molar-refractivity contribution >= 4 is 11.6 Å². The average molecular weight is 310 g/mol. The van der Waals surface area contributed by atoms with Crippen LogP contribution in [-0.2, 0) is 19.4 Å². The highest BCUT2D eigenvalue weighted by molar-refractivity contribution is 6.32. The van der Waals surface area contributed by atoms with E-state index in [1.807, 2.05) is 19.1 Å². The first-order valence-corrected chi connectivity index (χ1v) is 7.45. The summed E-state index contributed by atoms with van der Waals surface area (Å²) < 4.78 is 10.9. The molecule has 114 valence electrons. The number of halogens is 1. The van der Waals surface area contributed by atoms with Crippen LogP contribution in [0.3, 0.4) is 0 Å². The Labute approximate surface area is 129 Å². The minimum absolute atomic E-state index is 0.0344. The van der Waals surface area contributed by atoms with Gasteiger partial charge in [-0.1, -0.05) is 35.8 Å². The van der Waals surface area contributed by atoms with Gasteiger partial charge in [-0.2, -0.15) is 4.98 Å². The molecule has 0 radical (unpaired) electrons. The third kappa shape index (κ3) is 4.44. The lowest BCUT2D eigenvalue weighted by Gasteiger charge is -2.13. The number of ether oxygens (including phenoxy) is 1. The highest BCUT2D eigenvalue weighted by Crippen LogP contribution is 2.30. The van der Waals surface area contributed by atoms with E-state index in [1.165, 1.54) is 0 Å². The monoisotopic (exact) mass is 309 g/mol. The van der Waals surface area contributed by atoms with Crippen molar-refractivity contribution in [3.8, 4) is 5.75 Å². The van der Waals surface area contributed by atoms with Crippen molar-refractivity contribution in [1.82, 2.24) is 10.1 Å². The van der Waals surface area contributed by atoms with Crippen LogP contribution in [0, 0.1) is 0 Å². The summed E-state index contributed by atoms with van der Waals surface area (Å²) in [6, 6.07) is 5.68. The Balaban J connectivity index is 2.07. The molecule has 1 heterocycles. The molecule has 2 aromatic rings. The number of rotatable bonds is 7.